The van der Waals surface area contributed by atoms with E-state index in [-0.39, 0.29) is 18.0 Å². The average Bonchev–Trinajstić information content (AvgIpc) is 2.15. The molecule has 0 atom stereocenters. The molecule has 0 amide bonds. The molecule has 0 saturated carbocycles. The van der Waals surface area contributed by atoms with Gasteiger partial charge in [-0.05, 0) is 13.0 Å². The van der Waals surface area contributed by atoms with Crippen LogP contribution in [-0.4, -0.2) is 17.3 Å². The number of rotatable bonds is 4. The Morgan fingerprint density at radius 1 is 1.50 bits per heavy atom. The van der Waals surface area contributed by atoms with Crippen LogP contribution >= 0.6 is 0 Å². The van der Waals surface area contributed by atoms with Crippen LogP contribution in [0.15, 0.2) is 24.3 Å². The Bertz CT molecular complexity index is 363. The van der Waals surface area contributed by atoms with Crippen molar-refractivity contribution in [1.82, 2.24) is 0 Å². The molecule has 0 heterocycles. The molecular weight excluding hydrogens is 184 g/mol. The first-order chi connectivity index (χ1) is 6.61. The second-order valence-corrected chi connectivity index (χ2v) is 2.83. The van der Waals surface area contributed by atoms with E-state index >= 15 is 0 Å². The molecule has 0 unspecified atom stereocenters. The first-order valence-electron chi connectivity index (χ1n) is 4.08. The van der Waals surface area contributed by atoms with Crippen LogP contribution in [0, 0.1) is 10.1 Å². The van der Waals surface area contributed by atoms with Gasteiger partial charge < -0.3 is 5.32 Å². The maximum absolute atomic E-state index is 10.7. The zero-order valence-corrected chi connectivity index (χ0v) is 7.69. The van der Waals surface area contributed by atoms with Crippen molar-refractivity contribution in [3.05, 3.63) is 34.4 Å². The number of carbonyl (C=O) groups is 1. The zero-order chi connectivity index (χ0) is 10.6. The number of anilines is 1. The van der Waals surface area contributed by atoms with Gasteiger partial charge in [-0.3, -0.25) is 14.9 Å². The Morgan fingerprint density at radius 3 is 2.71 bits per heavy atom. The number of Topliss-reactive ketones (excluding diaryl/α,β-unsaturated/α-hetero) is 1. The lowest BCUT2D eigenvalue weighted by Gasteiger charge is -2.03. The van der Waals surface area contributed by atoms with Crippen LogP contribution in [0.25, 0.3) is 0 Å². The molecule has 14 heavy (non-hydrogen) atoms. The minimum absolute atomic E-state index is 0.0197. The van der Waals surface area contributed by atoms with Crippen LogP contribution in [0.3, 0.4) is 0 Å². The number of nitrogens with zero attached hydrogens (tertiary/aromatic N) is 1. The number of nitro groups is 1. The Labute approximate surface area is 80.9 Å². The molecule has 5 nitrogen and oxygen atoms in total. The molecule has 1 aromatic rings. The summed E-state index contributed by atoms with van der Waals surface area (Å²) < 4.78 is 0. The summed E-state index contributed by atoms with van der Waals surface area (Å²) in [6, 6.07) is 6.22. The molecule has 0 fully saturated rings. The van der Waals surface area contributed by atoms with Crippen molar-refractivity contribution in [3.63, 3.8) is 0 Å². The summed E-state index contributed by atoms with van der Waals surface area (Å²) in [5.41, 5.74) is 0.349. The Kier molecular flexibility index (Phi) is 3.17. The zero-order valence-electron chi connectivity index (χ0n) is 7.69. The third-order valence-corrected chi connectivity index (χ3v) is 1.63. The lowest BCUT2D eigenvalue weighted by atomic mass is 10.2. The second kappa shape index (κ2) is 4.36. The summed E-state index contributed by atoms with van der Waals surface area (Å²) in [7, 11) is 0. The van der Waals surface area contributed by atoms with Crippen molar-refractivity contribution >= 4 is 17.2 Å². The number of hydrogen-bond donors (Lipinski definition) is 1. The number of nitrogens with one attached hydrogen (secondary N) is 1. The highest BCUT2D eigenvalue weighted by Crippen LogP contribution is 2.22. The van der Waals surface area contributed by atoms with E-state index in [4.69, 9.17) is 0 Å². The van der Waals surface area contributed by atoms with Crippen LogP contribution in [0.4, 0.5) is 11.4 Å². The molecule has 0 aliphatic rings. The molecule has 0 saturated heterocycles. The summed E-state index contributed by atoms with van der Waals surface area (Å²) in [4.78, 5) is 20.7. The Morgan fingerprint density at radius 2 is 2.14 bits per heavy atom. The van der Waals surface area contributed by atoms with Gasteiger partial charge in [-0.1, -0.05) is 12.1 Å². The topological polar surface area (TPSA) is 72.2 Å². The lowest BCUT2D eigenvalue weighted by molar-refractivity contribution is -0.383. The number of nitro benzene ring substituents is 1. The highest BCUT2D eigenvalue weighted by Gasteiger charge is 2.11. The van der Waals surface area contributed by atoms with Gasteiger partial charge in [0.2, 0.25) is 0 Å². The minimum Gasteiger partial charge on any atom is -0.372 e. The third-order valence-electron chi connectivity index (χ3n) is 1.63. The predicted octanol–water partition coefficient (Wildman–Crippen LogP) is 1.60. The van der Waals surface area contributed by atoms with Crippen LogP contribution in [0.1, 0.15) is 6.92 Å². The quantitative estimate of drug-likeness (QED) is 0.583. The molecule has 0 aromatic heterocycles. The molecule has 1 rings (SSSR count). The number of ketones is 1. The van der Waals surface area contributed by atoms with Crippen LogP contribution in [0.2, 0.25) is 0 Å². The van der Waals surface area contributed by atoms with Crippen LogP contribution in [-0.2, 0) is 4.79 Å². The molecular formula is C9H10N2O3. The van der Waals surface area contributed by atoms with Crippen molar-refractivity contribution in [2.45, 2.75) is 6.92 Å². The number of carbonyl (C=O) groups excluding carboxylic acids is 1. The summed E-state index contributed by atoms with van der Waals surface area (Å²) >= 11 is 0. The van der Waals surface area contributed by atoms with Crippen molar-refractivity contribution in [1.29, 1.82) is 0 Å². The molecule has 1 N–H and O–H groups in total. The largest absolute Gasteiger partial charge is 0.372 e. The van der Waals surface area contributed by atoms with Gasteiger partial charge in [0, 0.05) is 6.07 Å². The van der Waals surface area contributed by atoms with Crippen molar-refractivity contribution in [2.75, 3.05) is 11.9 Å². The van der Waals surface area contributed by atoms with E-state index in [1.807, 2.05) is 0 Å². The maximum Gasteiger partial charge on any atom is 0.292 e. The monoisotopic (exact) mass is 194 g/mol. The molecule has 1 aromatic carbocycles. The second-order valence-electron chi connectivity index (χ2n) is 2.83. The van der Waals surface area contributed by atoms with Gasteiger partial charge >= 0.3 is 0 Å². The van der Waals surface area contributed by atoms with E-state index in [9.17, 15) is 14.9 Å². The Balaban J connectivity index is 2.84. The normalized spacial score (nSPS) is 9.50. The summed E-state index contributed by atoms with van der Waals surface area (Å²) in [5.74, 6) is -0.0665. The van der Waals surface area contributed by atoms with Crippen molar-refractivity contribution < 1.29 is 9.72 Å². The number of benzene rings is 1. The van der Waals surface area contributed by atoms with E-state index in [1.54, 1.807) is 18.2 Å². The van der Waals surface area contributed by atoms with Gasteiger partial charge in [0.1, 0.15) is 11.5 Å². The van der Waals surface area contributed by atoms with Gasteiger partial charge in [-0.15, -0.1) is 0 Å². The maximum atomic E-state index is 10.7. The van der Waals surface area contributed by atoms with E-state index in [0.717, 1.165) is 0 Å². The Hall–Kier alpha value is -1.91. The van der Waals surface area contributed by atoms with E-state index in [1.165, 1.54) is 13.0 Å². The fourth-order valence-corrected chi connectivity index (χ4v) is 1.00. The van der Waals surface area contributed by atoms with Gasteiger partial charge in [-0.25, -0.2) is 0 Å². The highest BCUT2D eigenvalue weighted by molar-refractivity contribution is 5.81. The molecule has 5 heteroatoms. The first-order valence-corrected chi connectivity index (χ1v) is 4.08. The molecule has 0 aliphatic carbocycles. The summed E-state index contributed by atoms with van der Waals surface area (Å²) in [5, 5.41) is 13.2. The van der Waals surface area contributed by atoms with Crippen LogP contribution in [0.5, 0.6) is 0 Å². The highest BCUT2D eigenvalue weighted by atomic mass is 16.6. The van der Waals surface area contributed by atoms with Crippen molar-refractivity contribution in [2.24, 2.45) is 0 Å². The van der Waals surface area contributed by atoms with Crippen LogP contribution < -0.4 is 5.32 Å². The van der Waals surface area contributed by atoms with Gasteiger partial charge in [0.15, 0.2) is 0 Å². The average molecular weight is 194 g/mol. The van der Waals surface area contributed by atoms with Gasteiger partial charge in [0.25, 0.3) is 5.69 Å². The number of hydrogen-bond acceptors (Lipinski definition) is 4. The standard InChI is InChI=1S/C9H10N2O3/c1-7(12)6-10-8-4-2-3-5-9(8)11(13)14/h2-5,10H,6H2,1H3. The minimum atomic E-state index is -0.484. The van der Waals surface area contributed by atoms with E-state index in [2.05, 4.69) is 5.32 Å². The molecule has 0 aliphatic heterocycles. The van der Waals surface area contributed by atoms with E-state index < -0.39 is 4.92 Å². The molecule has 0 radical (unpaired) electrons. The fraction of sp³-hybridized carbons (Fsp3) is 0.222. The van der Waals surface area contributed by atoms with E-state index in [0.29, 0.717) is 5.69 Å². The fourth-order valence-electron chi connectivity index (χ4n) is 1.00. The molecule has 0 bridgehead atoms. The first kappa shape index (κ1) is 10.2. The lowest BCUT2D eigenvalue weighted by Crippen LogP contribution is -2.10. The summed E-state index contributed by atoms with van der Waals surface area (Å²) in [6.07, 6.45) is 0. The van der Waals surface area contributed by atoms with Gasteiger partial charge in [-0.2, -0.15) is 0 Å². The third kappa shape index (κ3) is 2.55. The SMILES string of the molecule is CC(=O)CNc1ccccc1[N+](=O)[O-]. The van der Waals surface area contributed by atoms with Gasteiger partial charge in [0.05, 0.1) is 11.5 Å². The summed E-state index contributed by atoms with van der Waals surface area (Å²) in [6.45, 7) is 1.52. The number of para-hydroxylation sites is 2. The molecule has 74 valence electrons. The smallest absolute Gasteiger partial charge is 0.292 e. The molecule has 0 spiro atoms. The predicted molar refractivity (Wildman–Crippen MR) is 52.3 cm³/mol. The van der Waals surface area contributed by atoms with Crippen molar-refractivity contribution in [3.8, 4) is 0 Å².